The molecular weight excluding hydrogens is 525 g/mol. The minimum absolute atomic E-state index is 0.923. The van der Waals surface area contributed by atoms with Gasteiger partial charge < -0.3 is 9.97 Å². The lowest BCUT2D eigenvalue weighted by Gasteiger charge is -2.13. The molecule has 0 bridgehead atoms. The summed E-state index contributed by atoms with van der Waals surface area (Å²) in [6.07, 6.45) is 0. The SMILES string of the molecule is Sc1cc(-c2cccc3c2[nH]c2ccccc23)ccc1-c1ccc(-c2cccc3c2[nH]c2ccccc23)cc1S. The van der Waals surface area contributed by atoms with E-state index in [1.165, 1.54) is 32.7 Å². The molecule has 6 aromatic carbocycles. The second-order valence-electron chi connectivity index (χ2n) is 10.3. The quantitative estimate of drug-likeness (QED) is 0.158. The average molecular weight is 549 g/mol. The van der Waals surface area contributed by atoms with Crippen molar-refractivity contribution in [2.75, 3.05) is 0 Å². The first kappa shape index (κ1) is 23.5. The predicted octanol–water partition coefficient (Wildman–Crippen LogP) is 10.5. The summed E-state index contributed by atoms with van der Waals surface area (Å²) in [4.78, 5) is 9.09. The molecule has 0 atom stereocenters. The standard InChI is InChI=1S/C36H24N2S2/c39-33-19-21(23-9-5-11-29-25-7-1-3-13-31(25)37-35(23)29)15-17-27(33)28-18-16-22(20-34(28)40)24-10-6-12-30-26-8-2-4-14-32(26)38-36(24)30/h1-20,37-40H. The van der Waals surface area contributed by atoms with Gasteiger partial charge in [-0.15, -0.1) is 25.3 Å². The molecule has 0 aliphatic carbocycles. The summed E-state index contributed by atoms with van der Waals surface area (Å²) in [6.45, 7) is 0. The van der Waals surface area contributed by atoms with Crippen LogP contribution in [0.3, 0.4) is 0 Å². The zero-order valence-corrected chi connectivity index (χ0v) is 23.2. The van der Waals surface area contributed by atoms with Crippen molar-refractivity contribution < 1.29 is 0 Å². The normalized spacial score (nSPS) is 11.8. The first-order valence-electron chi connectivity index (χ1n) is 13.3. The fraction of sp³-hybridized carbons (Fsp3) is 0. The van der Waals surface area contributed by atoms with Gasteiger partial charge in [0.05, 0.1) is 11.0 Å². The van der Waals surface area contributed by atoms with Crippen LogP contribution in [0.25, 0.3) is 77.0 Å². The van der Waals surface area contributed by atoms with Gasteiger partial charge in [-0.25, -0.2) is 0 Å². The molecule has 2 heterocycles. The van der Waals surface area contributed by atoms with Gasteiger partial charge in [0.15, 0.2) is 0 Å². The van der Waals surface area contributed by atoms with Crippen molar-refractivity contribution in [1.29, 1.82) is 0 Å². The molecule has 2 nitrogen and oxygen atoms in total. The third-order valence-corrected chi connectivity index (χ3v) is 8.73. The lowest BCUT2D eigenvalue weighted by molar-refractivity contribution is 1.38. The number of hydrogen-bond acceptors (Lipinski definition) is 2. The number of nitrogens with one attached hydrogen (secondary N) is 2. The number of para-hydroxylation sites is 4. The van der Waals surface area contributed by atoms with Gasteiger partial charge in [-0.1, -0.05) is 97.1 Å². The molecule has 0 aliphatic rings. The van der Waals surface area contributed by atoms with E-state index in [0.717, 1.165) is 54.1 Å². The Morgan fingerprint density at radius 1 is 0.375 bits per heavy atom. The Morgan fingerprint density at radius 3 is 1.25 bits per heavy atom. The van der Waals surface area contributed by atoms with Gasteiger partial charge in [0.1, 0.15) is 0 Å². The van der Waals surface area contributed by atoms with E-state index in [2.05, 4.69) is 131 Å². The number of H-pyrrole nitrogens is 2. The van der Waals surface area contributed by atoms with E-state index in [9.17, 15) is 0 Å². The van der Waals surface area contributed by atoms with Gasteiger partial charge in [-0.2, -0.15) is 0 Å². The minimum atomic E-state index is 0.923. The maximum atomic E-state index is 4.94. The van der Waals surface area contributed by atoms with Crippen molar-refractivity contribution in [3.8, 4) is 33.4 Å². The van der Waals surface area contributed by atoms with Crippen LogP contribution in [0.2, 0.25) is 0 Å². The number of aromatic nitrogens is 2. The van der Waals surface area contributed by atoms with E-state index in [-0.39, 0.29) is 0 Å². The smallest absolute Gasteiger partial charge is 0.0544 e. The number of rotatable bonds is 3. The molecule has 4 heteroatoms. The molecule has 2 aromatic heterocycles. The first-order valence-corrected chi connectivity index (χ1v) is 14.2. The molecule has 0 fully saturated rings. The van der Waals surface area contributed by atoms with Gasteiger partial charge >= 0.3 is 0 Å². The van der Waals surface area contributed by atoms with E-state index in [0.29, 0.717) is 0 Å². The lowest BCUT2D eigenvalue weighted by atomic mass is 9.96. The van der Waals surface area contributed by atoms with Gasteiger partial charge in [0.2, 0.25) is 0 Å². The van der Waals surface area contributed by atoms with Crippen LogP contribution in [0, 0.1) is 0 Å². The highest BCUT2D eigenvalue weighted by molar-refractivity contribution is 7.80. The predicted molar refractivity (Wildman–Crippen MR) is 176 cm³/mol. The van der Waals surface area contributed by atoms with Crippen LogP contribution in [0.1, 0.15) is 0 Å². The topological polar surface area (TPSA) is 31.6 Å². The van der Waals surface area contributed by atoms with Crippen molar-refractivity contribution in [3.05, 3.63) is 121 Å². The number of fused-ring (bicyclic) bond motifs is 6. The zero-order chi connectivity index (χ0) is 26.8. The number of thiol groups is 2. The largest absolute Gasteiger partial charge is 0.354 e. The fourth-order valence-electron chi connectivity index (χ4n) is 6.08. The molecular formula is C36H24N2S2. The van der Waals surface area contributed by atoms with Crippen molar-refractivity contribution >= 4 is 68.9 Å². The minimum Gasteiger partial charge on any atom is -0.354 e. The van der Waals surface area contributed by atoms with Crippen LogP contribution in [-0.4, -0.2) is 9.97 Å². The summed E-state index contributed by atoms with van der Waals surface area (Å²) in [5.74, 6) is 0. The molecule has 2 N–H and O–H groups in total. The Morgan fingerprint density at radius 2 is 0.800 bits per heavy atom. The summed E-state index contributed by atoms with van der Waals surface area (Å²) in [5.41, 5.74) is 11.3. The Kier molecular flexibility index (Phi) is 5.34. The van der Waals surface area contributed by atoms with E-state index < -0.39 is 0 Å². The number of benzene rings is 6. The summed E-state index contributed by atoms with van der Waals surface area (Å²) < 4.78 is 0. The highest BCUT2D eigenvalue weighted by Gasteiger charge is 2.14. The van der Waals surface area contributed by atoms with E-state index >= 15 is 0 Å². The number of aromatic amines is 2. The molecule has 0 radical (unpaired) electrons. The summed E-state index contributed by atoms with van der Waals surface area (Å²) in [5, 5.41) is 4.95. The molecule has 40 heavy (non-hydrogen) atoms. The van der Waals surface area contributed by atoms with Crippen LogP contribution < -0.4 is 0 Å². The Labute approximate surface area is 242 Å². The van der Waals surface area contributed by atoms with Gasteiger partial charge in [0, 0.05) is 53.5 Å². The van der Waals surface area contributed by atoms with Gasteiger partial charge in [-0.3, -0.25) is 0 Å². The lowest BCUT2D eigenvalue weighted by Crippen LogP contribution is -1.88. The fourth-order valence-corrected chi connectivity index (χ4v) is 6.75. The van der Waals surface area contributed by atoms with Crippen molar-refractivity contribution in [3.63, 3.8) is 0 Å². The van der Waals surface area contributed by atoms with Crippen LogP contribution in [0.15, 0.2) is 131 Å². The van der Waals surface area contributed by atoms with Gasteiger partial charge in [-0.05, 0) is 46.5 Å². The molecule has 8 rings (SSSR count). The molecule has 0 saturated carbocycles. The first-order chi connectivity index (χ1) is 19.7. The van der Waals surface area contributed by atoms with Crippen LogP contribution >= 0.6 is 25.3 Å². The van der Waals surface area contributed by atoms with Crippen LogP contribution in [-0.2, 0) is 0 Å². The average Bonchev–Trinajstić information content (AvgIpc) is 3.56. The Balaban J connectivity index is 1.20. The molecule has 0 aliphatic heterocycles. The van der Waals surface area contributed by atoms with Crippen LogP contribution in [0.5, 0.6) is 0 Å². The summed E-state index contributed by atoms with van der Waals surface area (Å²) >= 11 is 9.89. The van der Waals surface area contributed by atoms with Crippen LogP contribution in [0.4, 0.5) is 0 Å². The maximum absolute atomic E-state index is 4.94. The second kappa shape index (κ2) is 9.09. The molecule has 0 spiro atoms. The maximum Gasteiger partial charge on any atom is 0.0544 e. The van der Waals surface area contributed by atoms with Crippen molar-refractivity contribution in [1.82, 2.24) is 9.97 Å². The highest BCUT2D eigenvalue weighted by Crippen LogP contribution is 2.40. The van der Waals surface area contributed by atoms with E-state index in [1.807, 2.05) is 0 Å². The monoisotopic (exact) mass is 548 g/mol. The molecule has 0 unspecified atom stereocenters. The van der Waals surface area contributed by atoms with Crippen molar-refractivity contribution in [2.45, 2.75) is 9.79 Å². The highest BCUT2D eigenvalue weighted by atomic mass is 32.1. The third kappa shape index (κ3) is 3.60. The summed E-state index contributed by atoms with van der Waals surface area (Å²) in [7, 11) is 0. The van der Waals surface area contributed by atoms with Gasteiger partial charge in [0.25, 0.3) is 0 Å². The zero-order valence-electron chi connectivity index (χ0n) is 21.4. The van der Waals surface area contributed by atoms with E-state index in [1.54, 1.807) is 0 Å². The van der Waals surface area contributed by atoms with E-state index in [4.69, 9.17) is 25.3 Å². The Bertz CT molecular complexity index is 2090. The molecule has 0 amide bonds. The molecule has 190 valence electrons. The van der Waals surface area contributed by atoms with Crippen molar-refractivity contribution in [2.24, 2.45) is 0 Å². The molecule has 0 saturated heterocycles. The number of hydrogen-bond donors (Lipinski definition) is 4. The molecule has 8 aromatic rings. The third-order valence-electron chi connectivity index (χ3n) is 7.99. The second-order valence-corrected chi connectivity index (χ2v) is 11.2. The summed E-state index contributed by atoms with van der Waals surface area (Å²) in [6, 6.07) is 42.9. The Hall–Kier alpha value is -4.38.